The first-order valence-electron chi connectivity index (χ1n) is 5.37. The van der Waals surface area contributed by atoms with Gasteiger partial charge in [-0.25, -0.2) is 0 Å². The van der Waals surface area contributed by atoms with Gasteiger partial charge in [0.25, 0.3) is 0 Å². The smallest absolute Gasteiger partial charge is 0.131 e. The maximum atomic E-state index is 10.1. The van der Waals surface area contributed by atoms with Crippen molar-refractivity contribution in [1.29, 1.82) is 0 Å². The standard InChI is InChI=1S/C14H14O3/c1-9-10(7-4-8-15)14(17)12-6-3-2-5-11(12)13(9)16/h2-7,15-17H,8H2,1H3. The van der Waals surface area contributed by atoms with E-state index in [1.165, 1.54) is 6.08 Å². The summed E-state index contributed by atoms with van der Waals surface area (Å²) in [4.78, 5) is 0. The minimum atomic E-state index is -0.105. The molecular weight excluding hydrogens is 216 g/mol. The van der Waals surface area contributed by atoms with Crippen molar-refractivity contribution < 1.29 is 15.3 Å². The van der Waals surface area contributed by atoms with E-state index in [9.17, 15) is 10.2 Å². The molecular formula is C14H14O3. The van der Waals surface area contributed by atoms with Gasteiger partial charge in [0.05, 0.1) is 6.61 Å². The molecule has 0 aliphatic heterocycles. The maximum absolute atomic E-state index is 10.1. The highest BCUT2D eigenvalue weighted by Crippen LogP contribution is 2.39. The van der Waals surface area contributed by atoms with Crippen molar-refractivity contribution in [2.24, 2.45) is 0 Å². The Balaban J connectivity index is 2.81. The second kappa shape index (κ2) is 4.47. The van der Waals surface area contributed by atoms with Crippen molar-refractivity contribution in [3.63, 3.8) is 0 Å². The third-order valence-corrected chi connectivity index (χ3v) is 2.84. The highest BCUT2D eigenvalue weighted by atomic mass is 16.3. The van der Waals surface area contributed by atoms with Crippen molar-refractivity contribution in [3.05, 3.63) is 41.5 Å². The van der Waals surface area contributed by atoms with Gasteiger partial charge >= 0.3 is 0 Å². The lowest BCUT2D eigenvalue weighted by atomic mass is 9.98. The van der Waals surface area contributed by atoms with Crippen LogP contribution in [0.4, 0.5) is 0 Å². The summed E-state index contributed by atoms with van der Waals surface area (Å²) in [6, 6.07) is 7.12. The van der Waals surface area contributed by atoms with Crippen LogP contribution in [0.15, 0.2) is 30.3 Å². The zero-order valence-electron chi connectivity index (χ0n) is 9.51. The van der Waals surface area contributed by atoms with Gasteiger partial charge < -0.3 is 15.3 Å². The van der Waals surface area contributed by atoms with E-state index in [2.05, 4.69) is 0 Å². The number of hydrogen-bond acceptors (Lipinski definition) is 3. The Morgan fingerprint density at radius 1 is 1.06 bits per heavy atom. The van der Waals surface area contributed by atoms with Crippen LogP contribution in [0.25, 0.3) is 16.8 Å². The van der Waals surface area contributed by atoms with Gasteiger partial charge in [0.1, 0.15) is 11.5 Å². The summed E-state index contributed by atoms with van der Waals surface area (Å²) in [5.41, 5.74) is 1.14. The zero-order chi connectivity index (χ0) is 12.4. The molecule has 0 heterocycles. The molecule has 0 bridgehead atoms. The van der Waals surface area contributed by atoms with Crippen LogP contribution < -0.4 is 0 Å². The molecule has 0 radical (unpaired) electrons. The number of fused-ring (bicyclic) bond motifs is 1. The Morgan fingerprint density at radius 3 is 2.24 bits per heavy atom. The summed E-state index contributed by atoms with van der Waals surface area (Å²) < 4.78 is 0. The van der Waals surface area contributed by atoms with E-state index in [0.29, 0.717) is 21.9 Å². The molecule has 2 aromatic rings. The molecule has 0 saturated heterocycles. The first-order chi connectivity index (χ1) is 8.16. The predicted octanol–water partition coefficient (Wildman–Crippen LogP) is 2.56. The molecule has 0 saturated carbocycles. The number of aliphatic hydroxyl groups is 1. The van der Waals surface area contributed by atoms with Crippen LogP contribution in [-0.4, -0.2) is 21.9 Å². The average molecular weight is 230 g/mol. The van der Waals surface area contributed by atoms with E-state index >= 15 is 0 Å². The third-order valence-electron chi connectivity index (χ3n) is 2.84. The second-order valence-corrected chi connectivity index (χ2v) is 3.87. The summed E-state index contributed by atoms with van der Waals surface area (Å²) >= 11 is 0. The monoisotopic (exact) mass is 230 g/mol. The normalized spacial score (nSPS) is 11.4. The van der Waals surface area contributed by atoms with E-state index in [1.807, 2.05) is 6.07 Å². The molecule has 3 N–H and O–H groups in total. The first-order valence-corrected chi connectivity index (χ1v) is 5.37. The van der Waals surface area contributed by atoms with Gasteiger partial charge in [-0.3, -0.25) is 0 Å². The number of phenols is 2. The lowest BCUT2D eigenvalue weighted by Gasteiger charge is -2.11. The minimum Gasteiger partial charge on any atom is -0.507 e. The fourth-order valence-corrected chi connectivity index (χ4v) is 1.92. The van der Waals surface area contributed by atoms with Crippen LogP contribution in [0, 0.1) is 6.92 Å². The van der Waals surface area contributed by atoms with Crippen molar-refractivity contribution >= 4 is 16.8 Å². The van der Waals surface area contributed by atoms with Gasteiger partial charge in [-0.05, 0) is 6.92 Å². The summed E-state index contributed by atoms with van der Waals surface area (Å²) in [7, 11) is 0. The van der Waals surface area contributed by atoms with E-state index in [4.69, 9.17) is 5.11 Å². The van der Waals surface area contributed by atoms with E-state index in [-0.39, 0.29) is 18.1 Å². The number of aromatic hydroxyl groups is 2. The van der Waals surface area contributed by atoms with Crippen LogP contribution in [0.1, 0.15) is 11.1 Å². The number of phenolic OH excluding ortho intramolecular Hbond substituents is 2. The number of benzene rings is 2. The minimum absolute atomic E-state index is 0.105. The van der Waals surface area contributed by atoms with Gasteiger partial charge in [0.2, 0.25) is 0 Å². The molecule has 17 heavy (non-hydrogen) atoms. The van der Waals surface area contributed by atoms with E-state index < -0.39 is 0 Å². The van der Waals surface area contributed by atoms with Gasteiger partial charge in [0.15, 0.2) is 0 Å². The first kappa shape index (κ1) is 11.5. The van der Waals surface area contributed by atoms with Gasteiger partial charge in [-0.2, -0.15) is 0 Å². The molecule has 3 heteroatoms. The quantitative estimate of drug-likeness (QED) is 0.695. The summed E-state index contributed by atoms with van der Waals surface area (Å²) in [5, 5.41) is 30.2. The lowest BCUT2D eigenvalue weighted by Crippen LogP contribution is -1.87. The molecule has 0 unspecified atom stereocenters. The molecule has 0 atom stereocenters. The van der Waals surface area contributed by atoms with Crippen LogP contribution in [0.2, 0.25) is 0 Å². The Bertz CT molecular complexity index is 586. The summed E-state index contributed by atoms with van der Waals surface area (Å²) in [5.74, 6) is 0.289. The predicted molar refractivity (Wildman–Crippen MR) is 68.1 cm³/mol. The number of hydrogen-bond donors (Lipinski definition) is 3. The van der Waals surface area contributed by atoms with E-state index in [1.54, 1.807) is 31.2 Å². The van der Waals surface area contributed by atoms with Gasteiger partial charge in [-0.1, -0.05) is 36.4 Å². The van der Waals surface area contributed by atoms with Gasteiger partial charge in [0, 0.05) is 21.9 Å². The molecule has 0 aliphatic rings. The SMILES string of the molecule is Cc1c(C=CCO)c(O)c2ccccc2c1O. The van der Waals surface area contributed by atoms with Crippen LogP contribution in [0.3, 0.4) is 0 Å². The highest BCUT2D eigenvalue weighted by Gasteiger charge is 2.13. The topological polar surface area (TPSA) is 60.7 Å². The maximum Gasteiger partial charge on any atom is 0.131 e. The zero-order valence-corrected chi connectivity index (χ0v) is 9.51. The molecule has 0 aromatic heterocycles. The highest BCUT2D eigenvalue weighted by molar-refractivity contribution is 5.97. The fraction of sp³-hybridized carbons (Fsp3) is 0.143. The molecule has 2 aromatic carbocycles. The largest absolute Gasteiger partial charge is 0.507 e. The van der Waals surface area contributed by atoms with Crippen LogP contribution >= 0.6 is 0 Å². The van der Waals surface area contributed by atoms with Crippen molar-refractivity contribution in [3.8, 4) is 11.5 Å². The van der Waals surface area contributed by atoms with Crippen LogP contribution in [-0.2, 0) is 0 Å². The van der Waals surface area contributed by atoms with Gasteiger partial charge in [-0.15, -0.1) is 0 Å². The number of rotatable bonds is 2. The summed E-state index contributed by atoms with van der Waals surface area (Å²) in [6.07, 6.45) is 3.13. The summed E-state index contributed by atoms with van der Waals surface area (Å²) in [6.45, 7) is 1.63. The second-order valence-electron chi connectivity index (χ2n) is 3.87. The number of aliphatic hydroxyl groups excluding tert-OH is 1. The van der Waals surface area contributed by atoms with E-state index in [0.717, 1.165) is 0 Å². The molecule has 0 spiro atoms. The average Bonchev–Trinajstić information content (AvgIpc) is 2.36. The van der Waals surface area contributed by atoms with Crippen molar-refractivity contribution in [2.45, 2.75) is 6.92 Å². The molecule has 0 aliphatic carbocycles. The Kier molecular flexibility index (Phi) is 3.02. The molecule has 0 fully saturated rings. The van der Waals surface area contributed by atoms with Crippen LogP contribution in [0.5, 0.6) is 11.5 Å². The molecule has 0 amide bonds. The lowest BCUT2D eigenvalue weighted by molar-refractivity contribution is 0.343. The third kappa shape index (κ3) is 1.85. The molecule has 88 valence electrons. The molecule has 3 nitrogen and oxygen atoms in total. The Labute approximate surface area is 99.3 Å². The Morgan fingerprint density at radius 2 is 1.65 bits per heavy atom. The molecule has 2 rings (SSSR count). The fourth-order valence-electron chi connectivity index (χ4n) is 1.92. The van der Waals surface area contributed by atoms with Crippen molar-refractivity contribution in [2.75, 3.05) is 6.61 Å². The Hall–Kier alpha value is -2.00. The van der Waals surface area contributed by atoms with Crippen molar-refractivity contribution in [1.82, 2.24) is 0 Å².